The first-order valence-corrected chi connectivity index (χ1v) is 5.81. The first-order valence-electron chi connectivity index (χ1n) is 5.81. The molecule has 4 nitrogen and oxygen atoms in total. The lowest BCUT2D eigenvalue weighted by Crippen LogP contribution is -2.21. The van der Waals surface area contributed by atoms with Crippen LogP contribution in [0, 0.1) is 0 Å². The second-order valence-corrected chi connectivity index (χ2v) is 3.95. The average molecular weight is 245 g/mol. The molecule has 4 heteroatoms. The van der Waals surface area contributed by atoms with Crippen molar-refractivity contribution < 1.29 is 14.3 Å². The molecule has 0 saturated heterocycles. The molecule has 0 radical (unpaired) electrons. The van der Waals surface area contributed by atoms with Gasteiger partial charge in [-0.25, -0.2) is 4.79 Å². The molecule has 2 aromatic rings. The fourth-order valence-corrected chi connectivity index (χ4v) is 1.81. The van der Waals surface area contributed by atoms with Gasteiger partial charge < -0.3 is 14.4 Å². The number of hydrogen-bond donors (Lipinski definition) is 1. The van der Waals surface area contributed by atoms with Gasteiger partial charge in [0.2, 0.25) is 0 Å². The summed E-state index contributed by atoms with van der Waals surface area (Å²) >= 11 is 0. The van der Waals surface area contributed by atoms with Crippen molar-refractivity contribution in [2.75, 3.05) is 11.4 Å². The minimum atomic E-state index is -0.911. The highest BCUT2D eigenvalue weighted by atomic mass is 16.4. The molecule has 1 aromatic heterocycles. The summed E-state index contributed by atoms with van der Waals surface area (Å²) in [6.45, 7) is 3.44. The molecule has 18 heavy (non-hydrogen) atoms. The molecule has 94 valence electrons. The van der Waals surface area contributed by atoms with Gasteiger partial charge in [-0.1, -0.05) is 6.07 Å². The Hall–Kier alpha value is -2.23. The molecule has 1 aromatic carbocycles. The molecule has 0 aliphatic heterocycles. The summed E-state index contributed by atoms with van der Waals surface area (Å²) in [4.78, 5) is 13.0. The standard InChI is InChI=1S/C14H15NO3/c1-2-15(10-13-7-4-8-18-13)12-6-3-5-11(9-12)14(16)17/h3-9H,2,10H2,1H3,(H,16,17). The number of carboxylic acid groups (broad SMARTS) is 1. The largest absolute Gasteiger partial charge is 0.478 e. The van der Waals surface area contributed by atoms with E-state index < -0.39 is 5.97 Å². The molecular weight excluding hydrogens is 230 g/mol. The molecule has 0 aliphatic carbocycles. The van der Waals surface area contributed by atoms with Crippen LogP contribution in [0.1, 0.15) is 23.0 Å². The van der Waals surface area contributed by atoms with Crippen LogP contribution in [0.15, 0.2) is 47.1 Å². The maximum absolute atomic E-state index is 10.9. The van der Waals surface area contributed by atoms with Gasteiger partial charge in [0.25, 0.3) is 0 Å². The van der Waals surface area contributed by atoms with Crippen LogP contribution in [0.2, 0.25) is 0 Å². The zero-order valence-corrected chi connectivity index (χ0v) is 10.2. The SMILES string of the molecule is CCN(Cc1ccco1)c1cccc(C(=O)O)c1. The summed E-state index contributed by atoms with van der Waals surface area (Å²) in [6, 6.07) is 10.7. The van der Waals surface area contributed by atoms with E-state index in [0.29, 0.717) is 12.1 Å². The fourth-order valence-electron chi connectivity index (χ4n) is 1.81. The van der Waals surface area contributed by atoms with Crippen LogP contribution in [-0.2, 0) is 6.54 Å². The number of nitrogens with zero attached hydrogens (tertiary/aromatic N) is 1. The first-order chi connectivity index (χ1) is 8.70. The van der Waals surface area contributed by atoms with E-state index in [2.05, 4.69) is 4.90 Å². The van der Waals surface area contributed by atoms with Crippen molar-refractivity contribution in [2.24, 2.45) is 0 Å². The molecule has 0 aliphatic rings. The van der Waals surface area contributed by atoms with Crippen LogP contribution in [-0.4, -0.2) is 17.6 Å². The van der Waals surface area contributed by atoms with Crippen LogP contribution in [0.4, 0.5) is 5.69 Å². The van der Waals surface area contributed by atoms with E-state index in [9.17, 15) is 4.79 Å². The van der Waals surface area contributed by atoms with Crippen molar-refractivity contribution in [3.63, 3.8) is 0 Å². The topological polar surface area (TPSA) is 53.7 Å². The van der Waals surface area contributed by atoms with E-state index in [1.54, 1.807) is 24.5 Å². The van der Waals surface area contributed by atoms with Gasteiger partial charge >= 0.3 is 5.97 Å². The van der Waals surface area contributed by atoms with E-state index in [-0.39, 0.29) is 0 Å². The van der Waals surface area contributed by atoms with E-state index in [1.165, 1.54) is 0 Å². The smallest absolute Gasteiger partial charge is 0.335 e. The van der Waals surface area contributed by atoms with Crippen molar-refractivity contribution in [3.05, 3.63) is 54.0 Å². The van der Waals surface area contributed by atoms with Gasteiger partial charge in [-0.3, -0.25) is 0 Å². The number of furan rings is 1. The molecule has 0 atom stereocenters. The lowest BCUT2D eigenvalue weighted by molar-refractivity contribution is 0.0697. The highest BCUT2D eigenvalue weighted by molar-refractivity contribution is 5.88. The number of rotatable bonds is 5. The monoisotopic (exact) mass is 245 g/mol. The molecular formula is C14H15NO3. The highest BCUT2D eigenvalue weighted by Gasteiger charge is 2.09. The Morgan fingerprint density at radius 1 is 1.33 bits per heavy atom. The average Bonchev–Trinajstić information content (AvgIpc) is 2.89. The Labute approximate surface area is 105 Å². The van der Waals surface area contributed by atoms with Crippen molar-refractivity contribution in [2.45, 2.75) is 13.5 Å². The third-order valence-electron chi connectivity index (χ3n) is 2.77. The fraction of sp³-hybridized carbons (Fsp3) is 0.214. The number of benzene rings is 1. The third kappa shape index (κ3) is 2.71. The van der Waals surface area contributed by atoms with Gasteiger partial charge in [0, 0.05) is 12.2 Å². The Balaban J connectivity index is 2.21. The molecule has 0 spiro atoms. The minimum absolute atomic E-state index is 0.297. The summed E-state index contributed by atoms with van der Waals surface area (Å²) in [5.41, 5.74) is 1.18. The van der Waals surface area contributed by atoms with Gasteiger partial charge in [-0.2, -0.15) is 0 Å². The first kappa shape index (κ1) is 12.2. The summed E-state index contributed by atoms with van der Waals surface area (Å²) in [7, 11) is 0. The van der Waals surface area contributed by atoms with Crippen molar-refractivity contribution >= 4 is 11.7 Å². The molecule has 0 bridgehead atoms. The van der Waals surface area contributed by atoms with Crippen LogP contribution >= 0.6 is 0 Å². The Morgan fingerprint density at radius 3 is 2.78 bits per heavy atom. The summed E-state index contributed by atoms with van der Waals surface area (Å²) in [5, 5.41) is 8.98. The number of hydrogen-bond acceptors (Lipinski definition) is 3. The van der Waals surface area contributed by atoms with Crippen molar-refractivity contribution in [1.29, 1.82) is 0 Å². The van der Waals surface area contributed by atoms with Gasteiger partial charge in [-0.15, -0.1) is 0 Å². The van der Waals surface area contributed by atoms with Gasteiger partial charge in [0.05, 0.1) is 18.4 Å². The molecule has 2 rings (SSSR count). The second kappa shape index (κ2) is 5.40. The number of aromatic carboxylic acids is 1. The maximum Gasteiger partial charge on any atom is 0.335 e. The Kier molecular flexibility index (Phi) is 3.67. The van der Waals surface area contributed by atoms with Crippen molar-refractivity contribution in [1.82, 2.24) is 0 Å². The number of anilines is 1. The molecule has 0 fully saturated rings. The summed E-state index contributed by atoms with van der Waals surface area (Å²) in [6.07, 6.45) is 1.64. The van der Waals surface area contributed by atoms with Gasteiger partial charge in [0.15, 0.2) is 0 Å². The predicted molar refractivity (Wildman–Crippen MR) is 68.8 cm³/mol. The molecule has 0 amide bonds. The maximum atomic E-state index is 10.9. The third-order valence-corrected chi connectivity index (χ3v) is 2.77. The lowest BCUT2D eigenvalue weighted by atomic mass is 10.2. The normalized spacial score (nSPS) is 10.3. The van der Waals surface area contributed by atoms with Crippen LogP contribution in [0.3, 0.4) is 0 Å². The molecule has 0 saturated carbocycles. The predicted octanol–water partition coefficient (Wildman–Crippen LogP) is 3.00. The highest BCUT2D eigenvalue weighted by Crippen LogP contribution is 2.19. The number of carboxylic acids is 1. The van der Waals surface area contributed by atoms with E-state index in [4.69, 9.17) is 9.52 Å². The van der Waals surface area contributed by atoms with Crippen molar-refractivity contribution in [3.8, 4) is 0 Å². The second-order valence-electron chi connectivity index (χ2n) is 3.95. The van der Waals surface area contributed by atoms with Crippen LogP contribution in [0.25, 0.3) is 0 Å². The quantitative estimate of drug-likeness (QED) is 0.879. The molecule has 1 heterocycles. The van der Waals surface area contributed by atoms with Crippen LogP contribution < -0.4 is 4.90 Å². The van der Waals surface area contributed by atoms with Crippen LogP contribution in [0.5, 0.6) is 0 Å². The van der Waals surface area contributed by atoms with Gasteiger partial charge in [0.1, 0.15) is 5.76 Å². The summed E-state index contributed by atoms with van der Waals surface area (Å²) < 4.78 is 5.31. The van der Waals surface area contributed by atoms with E-state index in [0.717, 1.165) is 18.0 Å². The Bertz CT molecular complexity index is 520. The zero-order chi connectivity index (χ0) is 13.0. The molecule has 0 unspecified atom stereocenters. The summed E-state index contributed by atoms with van der Waals surface area (Å²) in [5.74, 6) is -0.0523. The van der Waals surface area contributed by atoms with E-state index in [1.807, 2.05) is 25.1 Å². The number of carbonyl (C=O) groups is 1. The van der Waals surface area contributed by atoms with Gasteiger partial charge in [-0.05, 0) is 37.3 Å². The lowest BCUT2D eigenvalue weighted by Gasteiger charge is -2.22. The Morgan fingerprint density at radius 2 is 2.17 bits per heavy atom. The minimum Gasteiger partial charge on any atom is -0.478 e. The molecule has 1 N–H and O–H groups in total. The van der Waals surface area contributed by atoms with E-state index >= 15 is 0 Å². The zero-order valence-electron chi connectivity index (χ0n) is 10.2.